The van der Waals surface area contributed by atoms with E-state index in [1.54, 1.807) is 11.8 Å². The van der Waals surface area contributed by atoms with Crippen molar-refractivity contribution in [1.82, 2.24) is 14.9 Å². The first kappa shape index (κ1) is 19.7. The number of H-pyrrole nitrogens is 1. The quantitative estimate of drug-likeness (QED) is 0.477. The molecule has 3 aromatic rings. The summed E-state index contributed by atoms with van der Waals surface area (Å²) in [5.74, 6) is 2.05. The monoisotopic (exact) mass is 468 g/mol. The van der Waals surface area contributed by atoms with Crippen molar-refractivity contribution in [3.05, 3.63) is 67.6 Å². The first-order valence-corrected chi connectivity index (χ1v) is 9.67. The maximum absolute atomic E-state index is 5.96. The molecule has 0 aliphatic rings. The fourth-order valence-corrected chi connectivity index (χ4v) is 3.46. The average molecular weight is 470 g/mol. The first-order chi connectivity index (χ1) is 13.0. The Hall–Kier alpha value is -2.03. The lowest BCUT2D eigenvalue weighted by Crippen LogP contribution is -2.16. The van der Waals surface area contributed by atoms with Crippen LogP contribution < -0.4 is 14.9 Å². The number of aromatic amines is 1. The van der Waals surface area contributed by atoms with Crippen molar-refractivity contribution in [3.8, 4) is 11.5 Å². The normalized spacial score (nSPS) is 10.7. The molecule has 3 rings (SSSR count). The lowest BCUT2D eigenvalue weighted by Gasteiger charge is -2.15. The molecule has 0 atom stereocenters. The highest BCUT2D eigenvalue weighted by molar-refractivity contribution is 9.10. The second kappa shape index (κ2) is 8.77. The van der Waals surface area contributed by atoms with Crippen molar-refractivity contribution in [1.29, 1.82) is 0 Å². The zero-order valence-electron chi connectivity index (χ0n) is 14.8. The molecule has 0 unspecified atom stereocenters. The van der Waals surface area contributed by atoms with Crippen LogP contribution in [0.1, 0.15) is 17.0 Å². The SMILES string of the molecule is COc1cc(CNn2c(C)n[nH]c2=S)cc(Br)c1OCc1ccc(Cl)cc1. The second-order valence-corrected chi connectivity index (χ2v) is 7.45. The van der Waals surface area contributed by atoms with Crippen molar-refractivity contribution in [2.24, 2.45) is 0 Å². The molecular formula is C18H18BrClN4O2S. The second-order valence-electron chi connectivity index (χ2n) is 5.77. The predicted octanol–water partition coefficient (Wildman–Crippen LogP) is 5.00. The smallest absolute Gasteiger partial charge is 0.214 e. The van der Waals surface area contributed by atoms with Gasteiger partial charge in [0.2, 0.25) is 4.77 Å². The van der Waals surface area contributed by atoms with E-state index in [1.165, 1.54) is 0 Å². The fraction of sp³-hybridized carbons (Fsp3) is 0.222. The van der Waals surface area contributed by atoms with Gasteiger partial charge < -0.3 is 14.9 Å². The summed E-state index contributed by atoms with van der Waals surface area (Å²) < 4.78 is 14.5. The van der Waals surface area contributed by atoms with Gasteiger partial charge in [0.1, 0.15) is 12.4 Å². The Morgan fingerprint density at radius 2 is 2.00 bits per heavy atom. The maximum Gasteiger partial charge on any atom is 0.214 e. The third kappa shape index (κ3) is 4.82. The van der Waals surface area contributed by atoms with E-state index in [0.29, 0.717) is 34.4 Å². The van der Waals surface area contributed by atoms with E-state index >= 15 is 0 Å². The van der Waals surface area contributed by atoms with Crippen molar-refractivity contribution in [3.63, 3.8) is 0 Å². The van der Waals surface area contributed by atoms with E-state index in [0.717, 1.165) is 21.4 Å². The van der Waals surface area contributed by atoms with Gasteiger partial charge in [-0.05, 0) is 70.5 Å². The Morgan fingerprint density at radius 3 is 2.63 bits per heavy atom. The van der Waals surface area contributed by atoms with Gasteiger partial charge in [0.25, 0.3) is 0 Å². The molecule has 0 saturated carbocycles. The molecular weight excluding hydrogens is 452 g/mol. The van der Waals surface area contributed by atoms with Crippen LogP contribution in [0.5, 0.6) is 11.5 Å². The van der Waals surface area contributed by atoms with Gasteiger partial charge in [-0.3, -0.25) is 5.10 Å². The van der Waals surface area contributed by atoms with E-state index in [4.69, 9.17) is 33.3 Å². The van der Waals surface area contributed by atoms with E-state index in [1.807, 2.05) is 43.3 Å². The van der Waals surface area contributed by atoms with Crippen LogP contribution in [0.4, 0.5) is 0 Å². The van der Waals surface area contributed by atoms with Gasteiger partial charge >= 0.3 is 0 Å². The van der Waals surface area contributed by atoms with Crippen LogP contribution >= 0.6 is 39.7 Å². The number of rotatable bonds is 7. The Kier molecular flexibility index (Phi) is 6.41. The number of hydrogen-bond donors (Lipinski definition) is 2. The van der Waals surface area contributed by atoms with Gasteiger partial charge in [0.15, 0.2) is 11.5 Å². The van der Waals surface area contributed by atoms with Gasteiger partial charge in [-0.1, -0.05) is 23.7 Å². The molecule has 2 N–H and O–H groups in total. The largest absolute Gasteiger partial charge is 0.493 e. The molecule has 0 saturated heterocycles. The number of nitrogens with one attached hydrogen (secondary N) is 2. The molecule has 1 aromatic heterocycles. The summed E-state index contributed by atoms with van der Waals surface area (Å²) in [5, 5.41) is 7.51. The Morgan fingerprint density at radius 1 is 1.26 bits per heavy atom. The van der Waals surface area contributed by atoms with Crippen LogP contribution in [0.25, 0.3) is 0 Å². The zero-order valence-corrected chi connectivity index (χ0v) is 17.9. The number of halogens is 2. The highest BCUT2D eigenvalue weighted by Gasteiger charge is 2.12. The number of nitrogens with zero attached hydrogens (tertiary/aromatic N) is 2. The molecule has 0 spiro atoms. The van der Waals surface area contributed by atoms with Gasteiger partial charge in [0.05, 0.1) is 18.1 Å². The molecule has 9 heteroatoms. The highest BCUT2D eigenvalue weighted by Crippen LogP contribution is 2.37. The number of benzene rings is 2. The summed E-state index contributed by atoms with van der Waals surface area (Å²) in [6.07, 6.45) is 0. The third-order valence-corrected chi connectivity index (χ3v) is 4.98. The molecule has 0 aliphatic carbocycles. The molecule has 1 heterocycles. The summed E-state index contributed by atoms with van der Waals surface area (Å²) in [4.78, 5) is 0. The van der Waals surface area contributed by atoms with Crippen molar-refractivity contribution in [2.75, 3.05) is 12.5 Å². The molecule has 0 amide bonds. The molecule has 2 aromatic carbocycles. The highest BCUT2D eigenvalue weighted by atomic mass is 79.9. The van der Waals surface area contributed by atoms with Crippen LogP contribution in [0.2, 0.25) is 5.02 Å². The molecule has 0 fully saturated rings. The van der Waals surface area contributed by atoms with E-state index in [2.05, 4.69) is 31.6 Å². The van der Waals surface area contributed by atoms with Crippen molar-refractivity contribution < 1.29 is 9.47 Å². The van der Waals surface area contributed by atoms with E-state index < -0.39 is 0 Å². The van der Waals surface area contributed by atoms with Crippen molar-refractivity contribution in [2.45, 2.75) is 20.1 Å². The lowest BCUT2D eigenvalue weighted by atomic mass is 10.2. The molecule has 6 nitrogen and oxygen atoms in total. The van der Waals surface area contributed by atoms with Gasteiger partial charge in [0, 0.05) is 5.02 Å². The van der Waals surface area contributed by atoms with E-state index in [9.17, 15) is 0 Å². The van der Waals surface area contributed by atoms with Crippen LogP contribution in [0.15, 0.2) is 40.9 Å². The number of aromatic nitrogens is 3. The maximum atomic E-state index is 5.96. The lowest BCUT2D eigenvalue weighted by molar-refractivity contribution is 0.282. The van der Waals surface area contributed by atoms with Gasteiger partial charge in [-0.25, -0.2) is 4.68 Å². The summed E-state index contributed by atoms with van der Waals surface area (Å²) in [6, 6.07) is 11.4. The molecule has 0 bridgehead atoms. The predicted molar refractivity (Wildman–Crippen MR) is 112 cm³/mol. The minimum Gasteiger partial charge on any atom is -0.493 e. The summed E-state index contributed by atoms with van der Waals surface area (Å²) in [6.45, 7) is 2.82. The Bertz CT molecular complexity index is 988. The number of methoxy groups -OCH3 is 1. The van der Waals surface area contributed by atoms with Crippen LogP contribution in [-0.2, 0) is 13.2 Å². The topological polar surface area (TPSA) is 64.1 Å². The standard InChI is InChI=1S/C18H18BrClN4O2S/c1-11-22-23-18(27)24(11)21-9-13-7-15(19)17(16(8-13)25-2)26-10-12-3-5-14(20)6-4-12/h3-8,21H,9-10H2,1-2H3,(H,23,27). The van der Waals surface area contributed by atoms with E-state index in [-0.39, 0.29) is 0 Å². The van der Waals surface area contributed by atoms with Crippen LogP contribution in [-0.4, -0.2) is 22.0 Å². The minimum atomic E-state index is 0.410. The third-order valence-electron chi connectivity index (χ3n) is 3.87. The van der Waals surface area contributed by atoms with Gasteiger partial charge in [-0.15, -0.1) is 0 Å². The number of hydrogen-bond acceptors (Lipinski definition) is 5. The van der Waals surface area contributed by atoms with Crippen LogP contribution in [0, 0.1) is 11.7 Å². The van der Waals surface area contributed by atoms with Gasteiger partial charge in [-0.2, -0.15) is 5.10 Å². The summed E-state index contributed by atoms with van der Waals surface area (Å²) in [7, 11) is 1.62. The number of ether oxygens (including phenoxy) is 2. The van der Waals surface area contributed by atoms with Crippen LogP contribution in [0.3, 0.4) is 0 Å². The first-order valence-electron chi connectivity index (χ1n) is 8.09. The summed E-state index contributed by atoms with van der Waals surface area (Å²) in [5.41, 5.74) is 5.25. The molecule has 142 valence electrons. The Labute approximate surface area is 175 Å². The number of aryl methyl sites for hydroxylation is 1. The minimum absolute atomic E-state index is 0.410. The average Bonchev–Trinajstić information content (AvgIpc) is 2.98. The molecule has 0 aliphatic heterocycles. The Balaban J connectivity index is 1.74. The molecule has 0 radical (unpaired) electrons. The van der Waals surface area contributed by atoms with Crippen molar-refractivity contribution >= 4 is 39.7 Å². The molecule has 27 heavy (non-hydrogen) atoms. The summed E-state index contributed by atoms with van der Waals surface area (Å²) >= 11 is 14.7. The fourth-order valence-electron chi connectivity index (χ4n) is 2.48. The zero-order chi connectivity index (χ0) is 19.4.